The molecule has 0 unspecified atom stereocenters. The molecule has 2 rings (SSSR count). The zero-order valence-electron chi connectivity index (χ0n) is 10.6. The highest BCUT2D eigenvalue weighted by Gasteiger charge is 2.28. The summed E-state index contributed by atoms with van der Waals surface area (Å²) in [5.41, 5.74) is -0.292. The van der Waals surface area contributed by atoms with Crippen molar-refractivity contribution in [3.05, 3.63) is 29.3 Å². The Morgan fingerprint density at radius 2 is 1.70 bits per heavy atom. The fraction of sp³-hybridized carbons (Fsp3) is 0.500. The summed E-state index contributed by atoms with van der Waals surface area (Å²) in [6.07, 6.45) is 0. The van der Waals surface area contributed by atoms with Gasteiger partial charge in [0.05, 0.1) is 11.6 Å². The van der Waals surface area contributed by atoms with Crippen LogP contribution in [0.3, 0.4) is 0 Å². The minimum Gasteiger partial charge on any atom is -0.505 e. The second kappa shape index (κ2) is 8.56. The van der Waals surface area contributed by atoms with E-state index in [9.17, 15) is 18.3 Å². The van der Waals surface area contributed by atoms with E-state index >= 15 is 0 Å². The molecule has 1 atom stereocenters. The highest BCUT2D eigenvalue weighted by atomic mass is 35.5. The summed E-state index contributed by atoms with van der Waals surface area (Å²) in [5.74, 6) is -2.51. The van der Waals surface area contributed by atoms with Gasteiger partial charge in [-0.2, -0.15) is 0 Å². The third kappa shape index (κ3) is 3.91. The molecule has 8 heteroatoms. The van der Waals surface area contributed by atoms with Crippen molar-refractivity contribution >= 4 is 24.8 Å². The fourth-order valence-corrected chi connectivity index (χ4v) is 2.22. The number of halogens is 5. The molecule has 1 aromatic carbocycles. The summed E-state index contributed by atoms with van der Waals surface area (Å²) >= 11 is 0. The van der Waals surface area contributed by atoms with E-state index in [1.54, 1.807) is 4.90 Å². The Hall–Kier alpha value is -0.690. The molecule has 0 bridgehead atoms. The Morgan fingerprint density at radius 3 is 2.25 bits per heavy atom. The van der Waals surface area contributed by atoms with Crippen molar-refractivity contribution < 1.29 is 18.3 Å². The molecule has 0 amide bonds. The molecular weight excluding hydrogens is 316 g/mol. The van der Waals surface area contributed by atoms with E-state index in [2.05, 4.69) is 5.32 Å². The van der Waals surface area contributed by atoms with Gasteiger partial charge in [0.2, 0.25) is 0 Å². The van der Waals surface area contributed by atoms with Crippen molar-refractivity contribution in [1.29, 1.82) is 0 Å². The van der Waals surface area contributed by atoms with Crippen molar-refractivity contribution in [2.45, 2.75) is 6.04 Å². The lowest BCUT2D eigenvalue weighted by Gasteiger charge is -2.34. The smallest absolute Gasteiger partial charge is 0.165 e. The van der Waals surface area contributed by atoms with E-state index in [0.717, 1.165) is 12.1 Å². The van der Waals surface area contributed by atoms with Crippen LogP contribution in [0.15, 0.2) is 12.1 Å². The van der Waals surface area contributed by atoms with Crippen LogP contribution in [0.1, 0.15) is 11.6 Å². The maximum Gasteiger partial charge on any atom is 0.165 e. The number of aromatic hydroxyl groups is 1. The number of nitrogens with zero attached hydrogens (tertiary/aromatic N) is 1. The third-order valence-electron chi connectivity index (χ3n) is 3.19. The van der Waals surface area contributed by atoms with Crippen molar-refractivity contribution in [2.24, 2.45) is 0 Å². The van der Waals surface area contributed by atoms with Crippen molar-refractivity contribution in [3.63, 3.8) is 0 Å². The summed E-state index contributed by atoms with van der Waals surface area (Å²) in [6, 6.07) is 0.805. The first-order chi connectivity index (χ1) is 8.65. The lowest BCUT2D eigenvalue weighted by atomic mass is 10.0. The summed E-state index contributed by atoms with van der Waals surface area (Å²) in [5, 5.41) is 12.7. The van der Waals surface area contributed by atoms with Crippen LogP contribution in [0.25, 0.3) is 0 Å². The summed E-state index contributed by atoms with van der Waals surface area (Å²) < 4.78 is 40.1. The highest BCUT2D eigenvalue weighted by molar-refractivity contribution is 5.85. The Labute approximate surface area is 128 Å². The zero-order valence-corrected chi connectivity index (χ0v) is 12.2. The third-order valence-corrected chi connectivity index (χ3v) is 3.19. The van der Waals surface area contributed by atoms with Crippen molar-refractivity contribution in [1.82, 2.24) is 10.2 Å². The maximum absolute atomic E-state index is 13.7. The van der Waals surface area contributed by atoms with Gasteiger partial charge in [0, 0.05) is 26.2 Å². The molecule has 0 radical (unpaired) electrons. The lowest BCUT2D eigenvalue weighted by Crippen LogP contribution is -2.45. The second-order valence-corrected chi connectivity index (χ2v) is 4.25. The van der Waals surface area contributed by atoms with Crippen molar-refractivity contribution in [2.75, 3.05) is 32.9 Å². The van der Waals surface area contributed by atoms with Crippen LogP contribution in [0.5, 0.6) is 5.75 Å². The van der Waals surface area contributed by atoms with E-state index in [0.29, 0.717) is 26.2 Å². The fourth-order valence-electron chi connectivity index (χ4n) is 2.22. The number of piperazine rings is 1. The molecular formula is C12H17Cl2F3N2O. The molecule has 3 nitrogen and oxygen atoms in total. The minimum atomic E-state index is -0.942. The molecule has 1 aromatic rings. The van der Waals surface area contributed by atoms with Gasteiger partial charge in [0.15, 0.2) is 11.6 Å². The highest BCUT2D eigenvalue weighted by Crippen LogP contribution is 2.33. The van der Waals surface area contributed by atoms with Gasteiger partial charge in [-0.05, 0) is 12.1 Å². The van der Waals surface area contributed by atoms with Crippen LogP contribution in [0, 0.1) is 11.6 Å². The first kappa shape index (κ1) is 19.3. The number of hydrogen-bond acceptors (Lipinski definition) is 3. The van der Waals surface area contributed by atoms with Gasteiger partial charge in [0.1, 0.15) is 12.5 Å². The molecule has 1 fully saturated rings. The standard InChI is InChI=1S/C12H15F3N2O.2ClH/c13-7-10(17-5-3-16-4-6-17)11-8(14)1-2-9(15)12(11)18;;/h1-2,10,16,18H,3-7H2;2*1H/t10-;;/m0../s1. The average molecular weight is 333 g/mol. The molecule has 0 aliphatic carbocycles. The molecule has 20 heavy (non-hydrogen) atoms. The molecule has 1 saturated heterocycles. The number of phenols is 1. The molecule has 1 aliphatic heterocycles. The van der Waals surface area contributed by atoms with Gasteiger partial charge < -0.3 is 10.4 Å². The lowest BCUT2D eigenvalue weighted by molar-refractivity contribution is 0.141. The van der Waals surface area contributed by atoms with Crippen LogP contribution in [-0.2, 0) is 0 Å². The molecule has 0 aromatic heterocycles. The quantitative estimate of drug-likeness (QED) is 0.892. The van der Waals surface area contributed by atoms with Crippen LogP contribution < -0.4 is 5.32 Å². The first-order valence-electron chi connectivity index (χ1n) is 5.82. The van der Waals surface area contributed by atoms with E-state index in [4.69, 9.17) is 0 Å². The number of nitrogens with one attached hydrogen (secondary N) is 1. The number of alkyl halides is 1. The second-order valence-electron chi connectivity index (χ2n) is 4.25. The Bertz CT molecular complexity index is 431. The van der Waals surface area contributed by atoms with Crippen LogP contribution >= 0.6 is 24.8 Å². The Morgan fingerprint density at radius 1 is 1.15 bits per heavy atom. The van der Waals surface area contributed by atoms with Crippen LogP contribution in [0.2, 0.25) is 0 Å². The Kier molecular flexibility index (Phi) is 8.27. The van der Waals surface area contributed by atoms with Gasteiger partial charge in [-0.25, -0.2) is 13.2 Å². The van der Waals surface area contributed by atoms with Gasteiger partial charge in [-0.3, -0.25) is 4.90 Å². The molecule has 1 heterocycles. The minimum absolute atomic E-state index is 0. The molecule has 0 saturated carbocycles. The number of rotatable bonds is 3. The van der Waals surface area contributed by atoms with E-state index in [1.165, 1.54) is 0 Å². The summed E-state index contributed by atoms with van der Waals surface area (Å²) in [6.45, 7) is 1.52. The van der Waals surface area contributed by atoms with Crippen LogP contribution in [0.4, 0.5) is 13.2 Å². The summed E-state index contributed by atoms with van der Waals surface area (Å²) in [7, 11) is 0. The van der Waals surface area contributed by atoms with Crippen molar-refractivity contribution in [3.8, 4) is 5.75 Å². The van der Waals surface area contributed by atoms with Crippen LogP contribution in [-0.4, -0.2) is 42.9 Å². The number of hydrogen-bond donors (Lipinski definition) is 2. The van der Waals surface area contributed by atoms with Gasteiger partial charge in [0.25, 0.3) is 0 Å². The normalized spacial score (nSPS) is 16.9. The Balaban J connectivity index is 0.00000180. The summed E-state index contributed by atoms with van der Waals surface area (Å²) in [4.78, 5) is 1.70. The average Bonchev–Trinajstić information content (AvgIpc) is 2.40. The number of benzene rings is 1. The maximum atomic E-state index is 13.7. The molecule has 0 spiro atoms. The largest absolute Gasteiger partial charge is 0.505 e. The monoisotopic (exact) mass is 332 g/mol. The van der Waals surface area contributed by atoms with E-state index in [-0.39, 0.29) is 30.4 Å². The predicted molar refractivity (Wildman–Crippen MR) is 75.7 cm³/mol. The topological polar surface area (TPSA) is 35.5 Å². The van der Waals surface area contributed by atoms with Gasteiger partial charge >= 0.3 is 0 Å². The first-order valence-corrected chi connectivity index (χ1v) is 5.82. The van der Waals surface area contributed by atoms with E-state index < -0.39 is 30.1 Å². The van der Waals surface area contributed by atoms with Gasteiger partial charge in [-0.1, -0.05) is 0 Å². The molecule has 1 aliphatic rings. The molecule has 116 valence electrons. The molecule has 2 N–H and O–H groups in total. The predicted octanol–water partition coefficient (Wildman–Crippen LogP) is 2.43. The SMILES string of the molecule is Cl.Cl.Oc1c(F)ccc(F)c1[C@H](CF)N1CCNCC1. The van der Waals surface area contributed by atoms with E-state index in [1.807, 2.05) is 0 Å². The van der Waals surface area contributed by atoms with Gasteiger partial charge in [-0.15, -0.1) is 24.8 Å². The zero-order chi connectivity index (χ0) is 13.1. The number of phenolic OH excluding ortho intramolecular Hbond substituents is 1.